The molecule has 0 bridgehead atoms. The first-order valence-corrected chi connectivity index (χ1v) is 10.3. The fourth-order valence-corrected chi connectivity index (χ4v) is 4.03. The van der Waals surface area contributed by atoms with Gasteiger partial charge in [-0.25, -0.2) is 0 Å². The second-order valence-electron chi connectivity index (χ2n) is 7.24. The van der Waals surface area contributed by atoms with E-state index in [-0.39, 0.29) is 6.04 Å². The van der Waals surface area contributed by atoms with Crippen LogP contribution in [0.15, 0.2) is 23.2 Å². The Morgan fingerprint density at radius 1 is 1.33 bits per heavy atom. The van der Waals surface area contributed by atoms with Gasteiger partial charge in [-0.05, 0) is 49.7 Å². The molecule has 0 spiro atoms. The fraction of sp³-hybridized carbons (Fsp3) is 0.579. The zero-order valence-electron chi connectivity index (χ0n) is 15.5. The Labute approximate surface area is 171 Å². The molecule has 1 aromatic carbocycles. The summed E-state index contributed by atoms with van der Waals surface area (Å²) in [6.07, 6.45) is 2.80. The number of hydrogen-bond acceptors (Lipinski definition) is 6. The maximum absolute atomic E-state index is 8.42. The van der Waals surface area contributed by atoms with Crippen molar-refractivity contribution in [2.45, 2.75) is 37.9 Å². The van der Waals surface area contributed by atoms with E-state index in [2.05, 4.69) is 20.5 Å². The van der Waals surface area contributed by atoms with Gasteiger partial charge in [-0.3, -0.25) is 9.89 Å². The Hall–Kier alpha value is -1.18. The predicted molar refractivity (Wildman–Crippen MR) is 113 cm³/mol. The van der Waals surface area contributed by atoms with Crippen molar-refractivity contribution in [1.29, 1.82) is 5.41 Å². The first-order valence-electron chi connectivity index (χ1n) is 9.51. The molecule has 0 aliphatic carbocycles. The van der Waals surface area contributed by atoms with E-state index in [1.165, 1.54) is 0 Å². The number of hydrogen-bond donors (Lipinski definition) is 4. The second kappa shape index (κ2) is 9.85. The van der Waals surface area contributed by atoms with Crippen molar-refractivity contribution in [3.05, 3.63) is 33.8 Å². The lowest BCUT2D eigenvalue weighted by Gasteiger charge is -2.34. The van der Waals surface area contributed by atoms with E-state index in [1.54, 1.807) is 6.07 Å². The van der Waals surface area contributed by atoms with Crippen LogP contribution >= 0.6 is 23.2 Å². The molecule has 2 heterocycles. The summed E-state index contributed by atoms with van der Waals surface area (Å²) in [5.74, 6) is 0.603. The molecular formula is C19H28Cl2N6. The van der Waals surface area contributed by atoms with Crippen LogP contribution in [-0.4, -0.2) is 61.3 Å². The van der Waals surface area contributed by atoms with Crippen LogP contribution in [0.3, 0.4) is 0 Å². The molecule has 0 saturated carbocycles. The molecule has 1 unspecified atom stereocenters. The predicted octanol–water partition coefficient (Wildman–Crippen LogP) is 2.29. The molecule has 148 valence electrons. The Bertz CT molecular complexity index is 687. The first-order chi connectivity index (χ1) is 13.0. The van der Waals surface area contributed by atoms with Crippen LogP contribution in [0.2, 0.25) is 10.0 Å². The third-order valence-corrected chi connectivity index (χ3v) is 5.83. The smallest absolute Gasteiger partial charge is 0.112 e. The molecule has 1 atom stereocenters. The molecule has 5 N–H and O–H groups in total. The molecule has 27 heavy (non-hydrogen) atoms. The van der Waals surface area contributed by atoms with Crippen LogP contribution in [0.25, 0.3) is 0 Å². The van der Waals surface area contributed by atoms with Crippen LogP contribution in [0, 0.1) is 5.41 Å². The molecule has 0 radical (unpaired) electrons. The van der Waals surface area contributed by atoms with Gasteiger partial charge in [0.15, 0.2) is 0 Å². The van der Waals surface area contributed by atoms with Crippen molar-refractivity contribution >= 4 is 34.7 Å². The highest BCUT2D eigenvalue weighted by atomic mass is 35.5. The van der Waals surface area contributed by atoms with Crippen molar-refractivity contribution in [3.8, 4) is 0 Å². The summed E-state index contributed by atoms with van der Waals surface area (Å²) in [6, 6.07) is 5.92. The van der Waals surface area contributed by atoms with Gasteiger partial charge in [0.25, 0.3) is 0 Å². The average Bonchev–Trinajstić information content (AvgIpc) is 2.66. The SMILES string of the molecule is N=C(CNC1CCNCC1)CC1C(N)=NCCN1Cc1cc(Cl)ccc1Cl. The lowest BCUT2D eigenvalue weighted by Crippen LogP contribution is -2.51. The second-order valence-corrected chi connectivity index (χ2v) is 8.09. The number of amidine groups is 1. The first kappa shape index (κ1) is 20.6. The topological polar surface area (TPSA) is 89.5 Å². The number of nitrogens with two attached hydrogens (primary N) is 1. The molecule has 1 saturated heterocycles. The number of piperidine rings is 1. The maximum Gasteiger partial charge on any atom is 0.112 e. The van der Waals surface area contributed by atoms with Crippen molar-refractivity contribution in [2.75, 3.05) is 32.7 Å². The number of nitrogens with zero attached hydrogens (tertiary/aromatic N) is 2. The molecule has 6 nitrogen and oxygen atoms in total. The molecule has 0 amide bonds. The van der Waals surface area contributed by atoms with E-state index in [9.17, 15) is 0 Å². The number of benzene rings is 1. The molecule has 1 fully saturated rings. The quantitative estimate of drug-likeness (QED) is 0.519. The number of nitrogens with one attached hydrogen (secondary N) is 3. The number of halogens is 2. The molecule has 2 aliphatic rings. The molecular weight excluding hydrogens is 383 g/mol. The summed E-state index contributed by atoms with van der Waals surface area (Å²) < 4.78 is 0. The lowest BCUT2D eigenvalue weighted by atomic mass is 10.0. The van der Waals surface area contributed by atoms with Crippen LogP contribution in [0.4, 0.5) is 0 Å². The highest BCUT2D eigenvalue weighted by molar-refractivity contribution is 6.33. The highest BCUT2D eigenvalue weighted by Crippen LogP contribution is 2.24. The summed E-state index contributed by atoms with van der Waals surface area (Å²) in [6.45, 7) is 4.79. The van der Waals surface area contributed by atoms with Crippen LogP contribution in [0.1, 0.15) is 24.8 Å². The van der Waals surface area contributed by atoms with Gasteiger partial charge in [-0.15, -0.1) is 0 Å². The molecule has 0 aromatic heterocycles. The van der Waals surface area contributed by atoms with Crippen molar-refractivity contribution in [3.63, 3.8) is 0 Å². The Kier molecular flexibility index (Phi) is 7.49. The van der Waals surface area contributed by atoms with Crippen molar-refractivity contribution in [2.24, 2.45) is 10.7 Å². The molecule has 8 heteroatoms. The maximum atomic E-state index is 8.42. The average molecular weight is 411 g/mol. The summed E-state index contributed by atoms with van der Waals surface area (Å²) in [4.78, 5) is 6.66. The van der Waals surface area contributed by atoms with E-state index in [0.29, 0.717) is 53.7 Å². The van der Waals surface area contributed by atoms with E-state index in [4.69, 9.17) is 34.3 Å². The van der Waals surface area contributed by atoms with Gasteiger partial charge in [0, 0.05) is 47.9 Å². The van der Waals surface area contributed by atoms with Crippen molar-refractivity contribution < 1.29 is 0 Å². The third kappa shape index (κ3) is 5.90. The zero-order valence-corrected chi connectivity index (χ0v) is 17.0. The van der Waals surface area contributed by atoms with Gasteiger partial charge in [0.2, 0.25) is 0 Å². The minimum absolute atomic E-state index is 0.0730. The Morgan fingerprint density at radius 3 is 2.89 bits per heavy atom. The normalized spacial score (nSPS) is 21.9. The van der Waals surface area contributed by atoms with Gasteiger partial charge < -0.3 is 21.8 Å². The standard InChI is InChI=1S/C19H28Cl2N6/c20-14-1-2-17(21)13(9-14)12-27-8-7-25-19(23)18(27)10-15(22)11-26-16-3-5-24-6-4-16/h1-2,9,16,18,22,24,26H,3-8,10-12H2,(H2,23,25). The van der Waals surface area contributed by atoms with E-state index < -0.39 is 0 Å². The zero-order chi connectivity index (χ0) is 19.2. The molecule has 3 rings (SSSR count). The number of aliphatic imine (C=N–C) groups is 1. The van der Waals surface area contributed by atoms with E-state index in [1.807, 2.05) is 12.1 Å². The molecule has 1 aromatic rings. The molecule has 2 aliphatic heterocycles. The minimum Gasteiger partial charge on any atom is -0.386 e. The van der Waals surface area contributed by atoms with Gasteiger partial charge in [-0.1, -0.05) is 23.2 Å². The largest absolute Gasteiger partial charge is 0.386 e. The third-order valence-electron chi connectivity index (χ3n) is 5.23. The van der Waals surface area contributed by atoms with Gasteiger partial charge in [0.05, 0.1) is 12.6 Å². The lowest BCUT2D eigenvalue weighted by molar-refractivity contribution is 0.231. The Balaban J connectivity index is 1.60. The summed E-state index contributed by atoms with van der Waals surface area (Å²) in [5, 5.41) is 16.6. The Morgan fingerprint density at radius 2 is 2.11 bits per heavy atom. The summed E-state index contributed by atoms with van der Waals surface area (Å²) in [5.41, 5.74) is 7.83. The number of rotatable bonds is 7. The minimum atomic E-state index is -0.0730. The summed E-state index contributed by atoms with van der Waals surface area (Å²) >= 11 is 12.5. The monoisotopic (exact) mass is 410 g/mol. The fourth-order valence-electron chi connectivity index (χ4n) is 3.66. The van der Waals surface area contributed by atoms with Crippen molar-refractivity contribution in [1.82, 2.24) is 15.5 Å². The van der Waals surface area contributed by atoms with Crippen LogP contribution < -0.4 is 16.4 Å². The van der Waals surface area contributed by atoms with E-state index in [0.717, 1.165) is 38.0 Å². The highest BCUT2D eigenvalue weighted by Gasteiger charge is 2.27. The van der Waals surface area contributed by atoms with E-state index >= 15 is 0 Å². The van der Waals surface area contributed by atoms with Crippen LogP contribution in [0.5, 0.6) is 0 Å². The van der Waals surface area contributed by atoms with Crippen LogP contribution in [-0.2, 0) is 6.54 Å². The van der Waals surface area contributed by atoms with Gasteiger partial charge in [-0.2, -0.15) is 0 Å². The van der Waals surface area contributed by atoms with Gasteiger partial charge >= 0.3 is 0 Å². The summed E-state index contributed by atoms with van der Waals surface area (Å²) in [7, 11) is 0. The van der Waals surface area contributed by atoms with Gasteiger partial charge in [0.1, 0.15) is 5.84 Å².